The number of halogens is 2. The standard InChI is InChI=1S/C22H24Cl2N4O4/c1-13(2)26-19(29)12-28-21(14-5-6-17(24)18(9-14)31-3)27-20-16(22(28)30)10-15(11-25-20)32-8-4-7-23/h5-6,9-11,13H,4,7-8,12H2,1-3H3,(H,26,29). The Labute approximate surface area is 195 Å². The molecule has 3 aromatic rings. The van der Waals surface area contributed by atoms with Crippen LogP contribution in [0.4, 0.5) is 0 Å². The zero-order chi connectivity index (χ0) is 23.3. The Bertz CT molecular complexity index is 1180. The highest BCUT2D eigenvalue weighted by molar-refractivity contribution is 6.32. The number of carbonyl (C=O) groups is 1. The van der Waals surface area contributed by atoms with Crippen molar-refractivity contribution < 1.29 is 14.3 Å². The Balaban J connectivity index is 2.15. The number of fused-ring (bicyclic) bond motifs is 1. The highest BCUT2D eigenvalue weighted by Gasteiger charge is 2.18. The molecular formula is C22H24Cl2N4O4. The van der Waals surface area contributed by atoms with Crippen LogP contribution in [-0.2, 0) is 11.3 Å². The van der Waals surface area contributed by atoms with Gasteiger partial charge in [0.2, 0.25) is 5.91 Å². The highest BCUT2D eigenvalue weighted by atomic mass is 35.5. The molecule has 0 spiro atoms. The molecule has 2 aromatic heterocycles. The third-order valence-corrected chi connectivity index (χ3v) is 5.07. The quantitative estimate of drug-likeness (QED) is 0.372. The fourth-order valence-corrected chi connectivity index (χ4v) is 3.39. The molecule has 10 heteroatoms. The van der Waals surface area contributed by atoms with E-state index in [-0.39, 0.29) is 35.4 Å². The number of rotatable bonds is 9. The van der Waals surface area contributed by atoms with Crippen LogP contribution in [0.5, 0.6) is 11.5 Å². The second-order valence-electron chi connectivity index (χ2n) is 7.33. The first-order valence-corrected chi connectivity index (χ1v) is 11.0. The summed E-state index contributed by atoms with van der Waals surface area (Å²) in [5.41, 5.74) is 0.393. The number of alkyl halides is 1. The van der Waals surface area contributed by atoms with Gasteiger partial charge in [0.15, 0.2) is 5.65 Å². The monoisotopic (exact) mass is 478 g/mol. The average Bonchev–Trinajstić information content (AvgIpc) is 2.76. The van der Waals surface area contributed by atoms with Gasteiger partial charge in [0.25, 0.3) is 5.56 Å². The first-order chi connectivity index (χ1) is 15.3. The SMILES string of the molecule is COc1cc(-c2nc3ncc(OCCCCl)cc3c(=O)n2CC(=O)NC(C)C)ccc1Cl. The van der Waals surface area contributed by atoms with E-state index >= 15 is 0 Å². The zero-order valence-electron chi connectivity index (χ0n) is 18.0. The molecule has 3 rings (SSSR count). The van der Waals surface area contributed by atoms with Crippen LogP contribution in [0.25, 0.3) is 22.4 Å². The van der Waals surface area contributed by atoms with E-state index in [9.17, 15) is 9.59 Å². The minimum Gasteiger partial charge on any atom is -0.495 e. The Morgan fingerprint density at radius 1 is 1.28 bits per heavy atom. The number of benzene rings is 1. The van der Waals surface area contributed by atoms with Gasteiger partial charge < -0.3 is 14.8 Å². The van der Waals surface area contributed by atoms with Gasteiger partial charge >= 0.3 is 0 Å². The number of ether oxygens (including phenoxy) is 2. The van der Waals surface area contributed by atoms with E-state index in [4.69, 9.17) is 32.7 Å². The number of amides is 1. The minimum absolute atomic E-state index is 0.0747. The molecular weight excluding hydrogens is 455 g/mol. The normalized spacial score (nSPS) is 11.1. The van der Waals surface area contributed by atoms with Crippen LogP contribution in [-0.4, -0.2) is 46.1 Å². The van der Waals surface area contributed by atoms with Crippen molar-refractivity contribution in [3.8, 4) is 22.9 Å². The van der Waals surface area contributed by atoms with Gasteiger partial charge in [0.05, 0.1) is 30.3 Å². The molecule has 0 radical (unpaired) electrons. The summed E-state index contributed by atoms with van der Waals surface area (Å²) < 4.78 is 12.2. The van der Waals surface area contributed by atoms with Gasteiger partial charge in [-0.15, -0.1) is 11.6 Å². The van der Waals surface area contributed by atoms with Crippen LogP contribution < -0.4 is 20.3 Å². The van der Waals surface area contributed by atoms with Crippen molar-refractivity contribution in [2.24, 2.45) is 0 Å². The molecule has 0 fully saturated rings. The van der Waals surface area contributed by atoms with Crippen molar-refractivity contribution in [3.63, 3.8) is 0 Å². The molecule has 1 aromatic carbocycles. The van der Waals surface area contributed by atoms with Crippen LogP contribution in [0.15, 0.2) is 35.3 Å². The van der Waals surface area contributed by atoms with Gasteiger partial charge in [0.1, 0.15) is 23.9 Å². The lowest BCUT2D eigenvalue weighted by Gasteiger charge is -2.16. The van der Waals surface area contributed by atoms with Gasteiger partial charge in [-0.05, 0) is 44.5 Å². The van der Waals surface area contributed by atoms with Gasteiger partial charge in [-0.2, -0.15) is 0 Å². The molecule has 170 valence electrons. The van der Waals surface area contributed by atoms with Crippen LogP contribution in [0.3, 0.4) is 0 Å². The number of carbonyl (C=O) groups excluding carboxylic acids is 1. The lowest BCUT2D eigenvalue weighted by molar-refractivity contribution is -0.122. The van der Waals surface area contributed by atoms with Gasteiger partial charge in [-0.25, -0.2) is 9.97 Å². The summed E-state index contributed by atoms with van der Waals surface area (Å²) in [6.45, 7) is 3.88. The Morgan fingerprint density at radius 2 is 2.06 bits per heavy atom. The summed E-state index contributed by atoms with van der Waals surface area (Å²) in [7, 11) is 1.50. The summed E-state index contributed by atoms with van der Waals surface area (Å²) in [4.78, 5) is 34.8. The number of nitrogens with one attached hydrogen (secondary N) is 1. The van der Waals surface area contributed by atoms with E-state index in [1.54, 1.807) is 24.3 Å². The second kappa shape index (κ2) is 10.7. The number of methoxy groups -OCH3 is 1. The Morgan fingerprint density at radius 3 is 2.75 bits per heavy atom. The van der Waals surface area contributed by atoms with Crippen molar-refractivity contribution in [2.75, 3.05) is 19.6 Å². The lowest BCUT2D eigenvalue weighted by Crippen LogP contribution is -2.37. The van der Waals surface area contributed by atoms with Crippen LogP contribution >= 0.6 is 23.2 Å². The number of hydrogen-bond donors (Lipinski definition) is 1. The maximum atomic E-state index is 13.4. The molecule has 0 saturated carbocycles. The van der Waals surface area contributed by atoms with E-state index in [1.165, 1.54) is 17.9 Å². The number of nitrogens with zero attached hydrogens (tertiary/aromatic N) is 3. The summed E-state index contributed by atoms with van der Waals surface area (Å²) in [6.07, 6.45) is 2.17. The molecule has 0 unspecified atom stereocenters. The summed E-state index contributed by atoms with van der Waals surface area (Å²) in [6, 6.07) is 6.52. The molecule has 0 saturated heterocycles. The summed E-state index contributed by atoms with van der Waals surface area (Å²) >= 11 is 11.8. The highest BCUT2D eigenvalue weighted by Crippen LogP contribution is 2.30. The number of aromatic nitrogens is 3. The first kappa shape index (κ1) is 23.8. The molecule has 0 atom stereocenters. The predicted molar refractivity (Wildman–Crippen MR) is 125 cm³/mol. The topological polar surface area (TPSA) is 95.3 Å². The van der Waals surface area contributed by atoms with Crippen molar-refractivity contribution >= 4 is 40.1 Å². The molecule has 0 aliphatic heterocycles. The van der Waals surface area contributed by atoms with E-state index in [1.807, 2.05) is 13.8 Å². The van der Waals surface area contributed by atoms with Gasteiger partial charge in [-0.1, -0.05) is 11.6 Å². The third kappa shape index (κ3) is 5.49. The van der Waals surface area contributed by atoms with E-state index in [2.05, 4.69) is 15.3 Å². The molecule has 8 nitrogen and oxygen atoms in total. The molecule has 0 aliphatic carbocycles. The van der Waals surface area contributed by atoms with Crippen molar-refractivity contribution in [3.05, 3.63) is 45.8 Å². The minimum atomic E-state index is -0.409. The van der Waals surface area contributed by atoms with Gasteiger partial charge in [-0.3, -0.25) is 14.2 Å². The molecule has 1 amide bonds. The van der Waals surface area contributed by atoms with Crippen molar-refractivity contribution in [1.82, 2.24) is 19.9 Å². The van der Waals surface area contributed by atoms with E-state index < -0.39 is 5.56 Å². The zero-order valence-corrected chi connectivity index (χ0v) is 19.5. The molecule has 0 aliphatic rings. The van der Waals surface area contributed by atoms with Crippen molar-refractivity contribution in [2.45, 2.75) is 32.9 Å². The molecule has 0 bridgehead atoms. The first-order valence-electron chi connectivity index (χ1n) is 10.1. The Kier molecular flexibility index (Phi) is 7.93. The van der Waals surface area contributed by atoms with E-state index in [0.717, 1.165) is 0 Å². The predicted octanol–water partition coefficient (Wildman–Crippen LogP) is 3.65. The fraction of sp³-hybridized carbons (Fsp3) is 0.364. The smallest absolute Gasteiger partial charge is 0.263 e. The second-order valence-corrected chi connectivity index (χ2v) is 8.12. The number of pyridine rings is 1. The third-order valence-electron chi connectivity index (χ3n) is 4.49. The van der Waals surface area contributed by atoms with Gasteiger partial charge in [0, 0.05) is 17.5 Å². The largest absolute Gasteiger partial charge is 0.495 e. The fourth-order valence-electron chi connectivity index (χ4n) is 3.09. The van der Waals surface area contributed by atoms with Crippen molar-refractivity contribution in [1.29, 1.82) is 0 Å². The lowest BCUT2D eigenvalue weighted by atomic mass is 10.2. The molecule has 32 heavy (non-hydrogen) atoms. The maximum absolute atomic E-state index is 13.4. The average molecular weight is 479 g/mol. The molecule has 2 heterocycles. The van der Waals surface area contributed by atoms with Crippen LogP contribution in [0, 0.1) is 0 Å². The van der Waals surface area contributed by atoms with Crippen LogP contribution in [0.1, 0.15) is 20.3 Å². The number of hydrogen-bond acceptors (Lipinski definition) is 6. The maximum Gasteiger partial charge on any atom is 0.263 e. The Hall–Kier alpha value is -2.84. The van der Waals surface area contributed by atoms with Crippen LogP contribution in [0.2, 0.25) is 5.02 Å². The summed E-state index contributed by atoms with van der Waals surface area (Å²) in [5, 5.41) is 3.46. The van der Waals surface area contributed by atoms with E-state index in [0.29, 0.717) is 41.0 Å². The summed E-state index contributed by atoms with van der Waals surface area (Å²) in [5.74, 6) is 1.29. The molecule has 1 N–H and O–H groups in total.